The number of aromatic nitrogens is 1. The summed E-state index contributed by atoms with van der Waals surface area (Å²) in [5.74, 6) is 0.283. The first-order chi connectivity index (χ1) is 7.56. The third-order valence-corrected chi connectivity index (χ3v) is 3.20. The fourth-order valence-electron chi connectivity index (χ4n) is 1.32. The van der Waals surface area contributed by atoms with E-state index in [1.54, 1.807) is 12.3 Å². The smallest absolute Gasteiger partial charge is 0.254 e. The Balaban J connectivity index is 2.70. The van der Waals surface area contributed by atoms with Crippen LogP contribution in [0.25, 0.3) is 0 Å². The predicted octanol–water partition coefficient (Wildman–Crippen LogP) is 2.90. The number of hydrogen-bond donors (Lipinski definition) is 1. The van der Waals surface area contributed by atoms with Crippen LogP contribution >= 0.6 is 11.6 Å². The van der Waals surface area contributed by atoms with Crippen molar-refractivity contribution in [1.82, 2.24) is 10.3 Å². The fourth-order valence-corrected chi connectivity index (χ4v) is 1.52. The third kappa shape index (κ3) is 3.20. The zero-order valence-corrected chi connectivity index (χ0v) is 10.6. The summed E-state index contributed by atoms with van der Waals surface area (Å²) in [6, 6.07) is 1.75. The predicted molar refractivity (Wildman–Crippen MR) is 65.6 cm³/mol. The highest BCUT2D eigenvalue weighted by Crippen LogP contribution is 2.14. The zero-order valence-electron chi connectivity index (χ0n) is 9.83. The number of pyridine rings is 1. The van der Waals surface area contributed by atoms with Gasteiger partial charge in [0.15, 0.2) is 0 Å². The van der Waals surface area contributed by atoms with Gasteiger partial charge in [0.2, 0.25) is 0 Å². The number of nitrogens with one attached hydrogen (secondary N) is 1. The Morgan fingerprint density at radius 1 is 1.56 bits per heavy atom. The van der Waals surface area contributed by atoms with E-state index >= 15 is 0 Å². The van der Waals surface area contributed by atoms with E-state index < -0.39 is 0 Å². The molecule has 1 rings (SSSR count). The SMILES string of the molecule is CCC(C)C(C)NC(=O)c1cnccc1Cl. The van der Waals surface area contributed by atoms with E-state index in [0.717, 1.165) is 6.42 Å². The molecule has 1 aromatic rings. The largest absolute Gasteiger partial charge is 0.349 e. The molecular formula is C12H17ClN2O. The van der Waals surface area contributed by atoms with Crippen LogP contribution in [0.5, 0.6) is 0 Å². The van der Waals surface area contributed by atoms with Crippen molar-refractivity contribution in [1.29, 1.82) is 0 Å². The van der Waals surface area contributed by atoms with Crippen molar-refractivity contribution in [3.63, 3.8) is 0 Å². The maximum atomic E-state index is 11.9. The molecule has 2 atom stereocenters. The highest BCUT2D eigenvalue weighted by atomic mass is 35.5. The van der Waals surface area contributed by atoms with Crippen LogP contribution < -0.4 is 5.32 Å². The summed E-state index contributed by atoms with van der Waals surface area (Å²) in [5.41, 5.74) is 0.430. The molecule has 0 saturated carbocycles. The quantitative estimate of drug-likeness (QED) is 0.879. The van der Waals surface area contributed by atoms with Gasteiger partial charge in [-0.05, 0) is 18.9 Å². The summed E-state index contributed by atoms with van der Waals surface area (Å²) in [6.07, 6.45) is 4.08. The molecule has 0 aliphatic carbocycles. The van der Waals surface area contributed by atoms with Gasteiger partial charge in [0, 0.05) is 18.4 Å². The van der Waals surface area contributed by atoms with E-state index in [-0.39, 0.29) is 11.9 Å². The lowest BCUT2D eigenvalue weighted by atomic mass is 10.0. The number of hydrogen-bond acceptors (Lipinski definition) is 2. The van der Waals surface area contributed by atoms with E-state index in [9.17, 15) is 4.79 Å². The van der Waals surface area contributed by atoms with Crippen molar-refractivity contribution < 1.29 is 4.79 Å². The average Bonchev–Trinajstić information content (AvgIpc) is 2.28. The lowest BCUT2D eigenvalue weighted by molar-refractivity contribution is 0.0928. The fraction of sp³-hybridized carbons (Fsp3) is 0.500. The van der Waals surface area contributed by atoms with Gasteiger partial charge in [0.1, 0.15) is 0 Å². The second-order valence-electron chi connectivity index (χ2n) is 4.00. The molecule has 0 saturated heterocycles. The maximum Gasteiger partial charge on any atom is 0.254 e. The van der Waals surface area contributed by atoms with Crippen molar-refractivity contribution in [2.24, 2.45) is 5.92 Å². The minimum absolute atomic E-state index is 0.133. The van der Waals surface area contributed by atoms with Gasteiger partial charge in [-0.15, -0.1) is 0 Å². The summed E-state index contributed by atoms with van der Waals surface area (Å²) in [4.78, 5) is 15.8. The van der Waals surface area contributed by atoms with Crippen molar-refractivity contribution in [2.45, 2.75) is 33.2 Å². The number of carbonyl (C=O) groups is 1. The van der Waals surface area contributed by atoms with Crippen molar-refractivity contribution in [3.05, 3.63) is 29.0 Å². The van der Waals surface area contributed by atoms with Crippen LogP contribution in [0.4, 0.5) is 0 Å². The second kappa shape index (κ2) is 5.85. The molecule has 3 nitrogen and oxygen atoms in total. The Kier molecular flexibility index (Phi) is 4.74. The highest BCUT2D eigenvalue weighted by Gasteiger charge is 2.16. The van der Waals surface area contributed by atoms with Gasteiger partial charge < -0.3 is 5.32 Å². The van der Waals surface area contributed by atoms with Crippen LogP contribution in [0.3, 0.4) is 0 Å². The summed E-state index contributed by atoms with van der Waals surface area (Å²) >= 11 is 5.92. The minimum Gasteiger partial charge on any atom is -0.349 e. The van der Waals surface area contributed by atoms with Crippen LogP contribution in [0, 0.1) is 5.92 Å². The van der Waals surface area contributed by atoms with E-state index in [1.807, 2.05) is 6.92 Å². The first-order valence-corrected chi connectivity index (χ1v) is 5.84. The van der Waals surface area contributed by atoms with Crippen LogP contribution in [0.15, 0.2) is 18.5 Å². The van der Waals surface area contributed by atoms with Gasteiger partial charge in [0.25, 0.3) is 5.91 Å². The zero-order chi connectivity index (χ0) is 12.1. The molecule has 0 spiro atoms. The molecule has 0 aliphatic rings. The normalized spacial score (nSPS) is 14.2. The highest BCUT2D eigenvalue weighted by molar-refractivity contribution is 6.33. The number of carbonyl (C=O) groups excluding carboxylic acids is 1. The molecule has 1 amide bonds. The van der Waals surface area contributed by atoms with Gasteiger partial charge in [-0.3, -0.25) is 9.78 Å². The van der Waals surface area contributed by atoms with Crippen LogP contribution in [0.1, 0.15) is 37.6 Å². The Morgan fingerprint density at radius 3 is 2.81 bits per heavy atom. The van der Waals surface area contributed by atoms with Gasteiger partial charge in [-0.2, -0.15) is 0 Å². The Bertz CT molecular complexity index is 368. The minimum atomic E-state index is -0.161. The first-order valence-electron chi connectivity index (χ1n) is 5.46. The van der Waals surface area contributed by atoms with Gasteiger partial charge in [-0.1, -0.05) is 31.9 Å². The van der Waals surface area contributed by atoms with Crippen LogP contribution in [-0.4, -0.2) is 16.9 Å². The van der Waals surface area contributed by atoms with Crippen molar-refractivity contribution in [3.8, 4) is 0 Å². The van der Waals surface area contributed by atoms with Crippen molar-refractivity contribution in [2.75, 3.05) is 0 Å². The standard InChI is InChI=1S/C12H17ClN2O/c1-4-8(2)9(3)15-12(16)10-7-14-6-5-11(10)13/h5-9H,4H2,1-3H3,(H,15,16). The summed E-state index contributed by atoms with van der Waals surface area (Å²) in [7, 11) is 0. The molecule has 1 heterocycles. The molecule has 0 radical (unpaired) electrons. The van der Waals surface area contributed by atoms with Crippen LogP contribution in [0.2, 0.25) is 5.02 Å². The topological polar surface area (TPSA) is 42.0 Å². The van der Waals surface area contributed by atoms with Gasteiger partial charge >= 0.3 is 0 Å². The Morgan fingerprint density at radius 2 is 2.25 bits per heavy atom. The maximum absolute atomic E-state index is 11.9. The number of rotatable bonds is 4. The van der Waals surface area contributed by atoms with Gasteiger partial charge in [-0.25, -0.2) is 0 Å². The monoisotopic (exact) mass is 240 g/mol. The van der Waals surface area contributed by atoms with Crippen molar-refractivity contribution >= 4 is 17.5 Å². The lowest BCUT2D eigenvalue weighted by Crippen LogP contribution is -2.37. The molecule has 1 aromatic heterocycles. The van der Waals surface area contributed by atoms with E-state index in [4.69, 9.17) is 11.6 Å². The molecular weight excluding hydrogens is 224 g/mol. The molecule has 0 fully saturated rings. The van der Waals surface area contributed by atoms with E-state index in [2.05, 4.69) is 24.1 Å². The number of amides is 1. The summed E-state index contributed by atoms with van der Waals surface area (Å²) < 4.78 is 0. The third-order valence-electron chi connectivity index (χ3n) is 2.87. The van der Waals surface area contributed by atoms with E-state index in [1.165, 1.54) is 6.20 Å². The average molecular weight is 241 g/mol. The van der Waals surface area contributed by atoms with Gasteiger partial charge in [0.05, 0.1) is 10.6 Å². The Labute approximate surface area is 101 Å². The molecule has 0 bridgehead atoms. The molecule has 1 N–H and O–H groups in total. The Hall–Kier alpha value is -1.09. The second-order valence-corrected chi connectivity index (χ2v) is 4.41. The number of halogens is 1. The van der Waals surface area contributed by atoms with E-state index in [0.29, 0.717) is 16.5 Å². The molecule has 2 unspecified atom stereocenters. The molecule has 16 heavy (non-hydrogen) atoms. The van der Waals surface area contributed by atoms with Crippen LogP contribution in [-0.2, 0) is 0 Å². The molecule has 0 aliphatic heterocycles. The molecule has 0 aromatic carbocycles. The summed E-state index contributed by atoms with van der Waals surface area (Å²) in [6.45, 7) is 6.20. The summed E-state index contributed by atoms with van der Waals surface area (Å²) in [5, 5.41) is 3.36. The molecule has 88 valence electrons. The lowest BCUT2D eigenvalue weighted by Gasteiger charge is -2.19. The molecule has 4 heteroatoms. The first kappa shape index (κ1) is 13.0. The number of nitrogens with zero attached hydrogens (tertiary/aromatic N) is 1.